The number of halogens is 3. The number of nitrogens with one attached hydrogen (secondary N) is 3. The number of anilines is 2. The number of aromatic amines is 1. The number of aliphatic imine (C=N–C) groups is 1. The molecule has 1 aromatic heterocycles. The summed E-state index contributed by atoms with van der Waals surface area (Å²) in [5.74, 6) is 0.619. The molecule has 1 aromatic carbocycles. The van der Waals surface area contributed by atoms with Gasteiger partial charge in [0.15, 0.2) is 0 Å². The van der Waals surface area contributed by atoms with Crippen molar-refractivity contribution in [2.24, 2.45) is 16.6 Å². The Morgan fingerprint density at radius 3 is 2.65 bits per heavy atom. The summed E-state index contributed by atoms with van der Waals surface area (Å²) in [5, 5.41) is 5.87. The average molecular weight is 543 g/mol. The van der Waals surface area contributed by atoms with E-state index in [4.69, 9.17) is 15.2 Å². The molecule has 0 radical (unpaired) electrons. The molecule has 1 saturated carbocycles. The van der Waals surface area contributed by atoms with Crippen LogP contribution in [0.1, 0.15) is 36.8 Å². The highest BCUT2D eigenvalue weighted by Gasteiger charge is 2.46. The number of nitrogens with two attached hydrogens (primary N) is 1. The Bertz CT molecular complexity index is 1300. The van der Waals surface area contributed by atoms with Gasteiger partial charge in [-0.1, -0.05) is 19.3 Å². The maximum absolute atomic E-state index is 13.8. The first kappa shape index (κ1) is 25.8. The number of alkyl halides is 3. The number of guanidine groups is 1. The van der Waals surface area contributed by atoms with Crippen molar-refractivity contribution >= 4 is 27.5 Å². The fourth-order valence-electron chi connectivity index (χ4n) is 4.94. The number of hydrogen-bond acceptors (Lipinski definition) is 8. The summed E-state index contributed by atoms with van der Waals surface area (Å²) >= 11 is 0. The topological polar surface area (TPSA) is 134 Å². The summed E-state index contributed by atoms with van der Waals surface area (Å²) < 4.78 is 79.4. The van der Waals surface area contributed by atoms with Gasteiger partial charge in [0.25, 0.3) is 0 Å². The van der Waals surface area contributed by atoms with Crippen molar-refractivity contribution in [3.8, 4) is 5.75 Å². The monoisotopic (exact) mass is 542 g/mol. The standard InChI is InChI=1S/C23H29F3N6O4S/c1-35-18-11-15(37(33,34)32-7-9-36-10-8-32)5-6-17(18)29-21-30-20-19(16(13-28-20)23(24,25)26)22(27,31-21)12-14-3-2-4-14/h5-6,11,13-14,28H,2-4,7-10,12,27H2,1H3,(H2,29,30,31). The number of hydrogen-bond donors (Lipinski definition) is 4. The van der Waals surface area contributed by atoms with Crippen molar-refractivity contribution in [1.29, 1.82) is 0 Å². The first-order valence-electron chi connectivity index (χ1n) is 12.0. The van der Waals surface area contributed by atoms with Crippen LogP contribution in [0, 0.1) is 5.92 Å². The zero-order valence-electron chi connectivity index (χ0n) is 20.2. The number of aromatic nitrogens is 1. The van der Waals surface area contributed by atoms with Gasteiger partial charge in [-0.15, -0.1) is 0 Å². The average Bonchev–Trinajstić information content (AvgIpc) is 3.28. The van der Waals surface area contributed by atoms with Crippen LogP contribution in [-0.2, 0) is 26.6 Å². The minimum Gasteiger partial charge on any atom is -0.495 e. The third-order valence-electron chi connectivity index (χ3n) is 7.03. The Labute approximate surface area is 212 Å². The summed E-state index contributed by atoms with van der Waals surface area (Å²) in [6, 6.07) is 4.35. The molecule has 5 N–H and O–H groups in total. The molecule has 37 heavy (non-hydrogen) atoms. The second kappa shape index (κ2) is 9.49. The maximum Gasteiger partial charge on any atom is 0.418 e. The van der Waals surface area contributed by atoms with E-state index in [1.54, 1.807) is 0 Å². The number of sulfonamides is 1. The van der Waals surface area contributed by atoms with E-state index in [-0.39, 0.29) is 53.4 Å². The lowest BCUT2D eigenvalue weighted by atomic mass is 9.77. The molecule has 2 aromatic rings. The van der Waals surface area contributed by atoms with Crippen LogP contribution in [-0.4, -0.2) is 57.1 Å². The van der Waals surface area contributed by atoms with Gasteiger partial charge in [0.1, 0.15) is 17.2 Å². The lowest BCUT2D eigenvalue weighted by Gasteiger charge is -2.38. The molecule has 0 bridgehead atoms. The molecule has 0 amide bonds. The smallest absolute Gasteiger partial charge is 0.418 e. The van der Waals surface area contributed by atoms with Crippen molar-refractivity contribution in [3.63, 3.8) is 0 Å². The van der Waals surface area contributed by atoms with E-state index < -0.39 is 27.4 Å². The number of nitrogens with zero attached hydrogens (tertiary/aromatic N) is 2. The molecule has 1 aliphatic carbocycles. The number of fused-ring (bicyclic) bond motifs is 1. The van der Waals surface area contributed by atoms with Crippen molar-refractivity contribution in [2.75, 3.05) is 44.0 Å². The number of ether oxygens (including phenoxy) is 2. The van der Waals surface area contributed by atoms with E-state index in [1.807, 2.05) is 0 Å². The Hall–Kier alpha value is -2.81. The number of rotatable bonds is 6. The molecule has 0 spiro atoms. The quantitative estimate of drug-likeness (QED) is 0.440. The Morgan fingerprint density at radius 1 is 1.30 bits per heavy atom. The van der Waals surface area contributed by atoms with Crippen molar-refractivity contribution in [1.82, 2.24) is 9.29 Å². The van der Waals surface area contributed by atoms with Crippen LogP contribution in [0.2, 0.25) is 0 Å². The van der Waals surface area contributed by atoms with Crippen LogP contribution in [0.25, 0.3) is 0 Å². The molecule has 3 aliphatic rings. The van der Waals surface area contributed by atoms with Crippen LogP contribution in [0.5, 0.6) is 5.75 Å². The second-order valence-electron chi connectivity index (χ2n) is 9.46. The maximum atomic E-state index is 13.8. The molecule has 10 nitrogen and oxygen atoms in total. The highest BCUT2D eigenvalue weighted by Crippen LogP contribution is 2.47. The molecule has 5 rings (SSSR count). The minimum atomic E-state index is -4.60. The van der Waals surface area contributed by atoms with Gasteiger partial charge < -0.3 is 30.8 Å². The summed E-state index contributed by atoms with van der Waals surface area (Å²) in [7, 11) is -2.36. The van der Waals surface area contributed by atoms with Gasteiger partial charge in [0, 0.05) is 30.9 Å². The molecule has 3 heterocycles. The SMILES string of the molecule is COc1cc(S(=O)(=O)N2CCOCC2)ccc1NC1=NC(N)(CC2CCC2)c2c(C(F)(F)F)c[nH]c2N1. The van der Waals surface area contributed by atoms with Crippen molar-refractivity contribution < 1.29 is 31.1 Å². The summed E-state index contributed by atoms with van der Waals surface area (Å²) in [6.45, 7) is 1.15. The first-order chi connectivity index (χ1) is 17.5. The molecule has 1 atom stereocenters. The van der Waals surface area contributed by atoms with Crippen molar-refractivity contribution in [3.05, 3.63) is 35.5 Å². The normalized spacial score (nSPS) is 23.0. The van der Waals surface area contributed by atoms with Gasteiger partial charge in [0.2, 0.25) is 16.0 Å². The molecule has 202 valence electrons. The molecular formula is C23H29F3N6O4S. The van der Waals surface area contributed by atoms with E-state index in [1.165, 1.54) is 29.6 Å². The minimum absolute atomic E-state index is 0.0509. The number of morpholine rings is 1. The second-order valence-corrected chi connectivity index (χ2v) is 11.4. The highest BCUT2D eigenvalue weighted by molar-refractivity contribution is 7.89. The van der Waals surface area contributed by atoms with Gasteiger partial charge in [-0.25, -0.2) is 13.4 Å². The van der Waals surface area contributed by atoms with Crippen LogP contribution >= 0.6 is 0 Å². The highest BCUT2D eigenvalue weighted by atomic mass is 32.2. The van der Waals surface area contributed by atoms with Gasteiger partial charge in [-0.05, 0) is 24.5 Å². The van der Waals surface area contributed by atoms with Crippen LogP contribution in [0.4, 0.5) is 24.7 Å². The molecule has 1 unspecified atom stereocenters. The van der Waals surface area contributed by atoms with Crippen LogP contribution in [0.3, 0.4) is 0 Å². The zero-order valence-corrected chi connectivity index (χ0v) is 21.0. The van der Waals surface area contributed by atoms with E-state index in [2.05, 4.69) is 20.6 Å². The summed E-state index contributed by atoms with van der Waals surface area (Å²) in [5.41, 5.74) is 4.38. The predicted octanol–water partition coefficient (Wildman–Crippen LogP) is 3.26. The fourth-order valence-corrected chi connectivity index (χ4v) is 6.36. The fraction of sp³-hybridized carbons (Fsp3) is 0.522. The van der Waals surface area contributed by atoms with Crippen LogP contribution in [0.15, 0.2) is 34.3 Å². The van der Waals surface area contributed by atoms with E-state index in [0.29, 0.717) is 18.9 Å². The van der Waals surface area contributed by atoms with Gasteiger partial charge in [0.05, 0.1) is 36.5 Å². The van der Waals surface area contributed by atoms with Crippen molar-refractivity contribution in [2.45, 2.75) is 42.4 Å². The Balaban J connectivity index is 1.46. The Kier molecular flexibility index (Phi) is 6.63. The van der Waals surface area contributed by atoms with Gasteiger partial charge in [-0.2, -0.15) is 17.5 Å². The van der Waals surface area contributed by atoms with Crippen LogP contribution < -0.4 is 21.1 Å². The van der Waals surface area contributed by atoms with Gasteiger partial charge in [-0.3, -0.25) is 0 Å². The third-order valence-corrected chi connectivity index (χ3v) is 8.93. The number of benzene rings is 1. The predicted molar refractivity (Wildman–Crippen MR) is 131 cm³/mol. The zero-order chi connectivity index (χ0) is 26.4. The Morgan fingerprint density at radius 2 is 2.03 bits per heavy atom. The number of H-pyrrole nitrogens is 1. The molecule has 14 heteroatoms. The molecule has 2 aliphatic heterocycles. The summed E-state index contributed by atoms with van der Waals surface area (Å²) in [6.07, 6.45) is -0.651. The van der Waals surface area contributed by atoms with E-state index in [0.717, 1.165) is 25.5 Å². The van der Waals surface area contributed by atoms with E-state index >= 15 is 0 Å². The van der Waals surface area contributed by atoms with Gasteiger partial charge >= 0.3 is 6.18 Å². The lowest BCUT2D eigenvalue weighted by Crippen LogP contribution is -2.45. The number of methoxy groups -OCH3 is 1. The molecular weight excluding hydrogens is 513 g/mol. The van der Waals surface area contributed by atoms with E-state index in [9.17, 15) is 21.6 Å². The largest absolute Gasteiger partial charge is 0.495 e. The molecule has 2 fully saturated rings. The third kappa shape index (κ3) is 4.90. The molecule has 1 saturated heterocycles. The summed E-state index contributed by atoms with van der Waals surface area (Å²) in [4.78, 5) is 7.19. The lowest BCUT2D eigenvalue weighted by molar-refractivity contribution is -0.138. The first-order valence-corrected chi connectivity index (χ1v) is 13.4.